The fourth-order valence-corrected chi connectivity index (χ4v) is 1.52. The van der Waals surface area contributed by atoms with E-state index in [4.69, 9.17) is 14.7 Å². The Morgan fingerprint density at radius 1 is 0.957 bits per heavy atom. The second-order valence-electron chi connectivity index (χ2n) is 4.80. The van der Waals surface area contributed by atoms with Crippen molar-refractivity contribution in [3.63, 3.8) is 0 Å². The van der Waals surface area contributed by atoms with Gasteiger partial charge in [0.15, 0.2) is 5.78 Å². The van der Waals surface area contributed by atoms with Crippen molar-refractivity contribution in [3.8, 4) is 0 Å². The number of carboxylic acids is 1. The fourth-order valence-electron chi connectivity index (χ4n) is 1.52. The number of carbonyl (C=O) groups excluding carboxylic acids is 1. The zero-order valence-electron chi connectivity index (χ0n) is 20.7. The number of ketones is 1. The summed E-state index contributed by atoms with van der Waals surface area (Å²) in [5, 5.41) is 8.55. The fraction of sp³-hybridized carbons (Fsp3) is 0.500. The summed E-state index contributed by atoms with van der Waals surface area (Å²) in [7, 11) is 0. The first kappa shape index (κ1) is 11.6. The third-order valence-corrected chi connectivity index (χ3v) is 2.71. The summed E-state index contributed by atoms with van der Waals surface area (Å²) in [5.74, 6) is -1.68. The van der Waals surface area contributed by atoms with Gasteiger partial charge in [-0.2, -0.15) is 0 Å². The number of carboxylic acid groups (broad SMARTS) is 1. The van der Waals surface area contributed by atoms with Crippen LogP contribution in [0.5, 0.6) is 0 Å². The molecule has 0 aromatic carbocycles. The van der Waals surface area contributed by atoms with Crippen molar-refractivity contribution in [3.05, 3.63) is 48.4 Å². The Balaban J connectivity index is 5.05. The van der Waals surface area contributed by atoms with Crippen LogP contribution in [0.25, 0.3) is 0 Å². The molecule has 0 aliphatic carbocycles. The number of unbranched alkanes of at least 4 members (excludes halogenated alkanes) is 2. The summed E-state index contributed by atoms with van der Waals surface area (Å²) >= 11 is 0. The van der Waals surface area contributed by atoms with E-state index in [0.29, 0.717) is 6.42 Å². The Kier molecular flexibility index (Phi) is 8.31. The first-order valence-corrected chi connectivity index (χ1v) is 7.89. The number of rotatable bonds is 14. The average molecular weight is 325 g/mol. The standard InChI is InChI=1S/C20H30O3/c1-2-3-4-5-6-7-8-9-10-11-12-13-14-16-19(21)17-15-18-20(22)23/h6-7,9-10,12-14,16H,2-5,8,11,15,17-18H2,1H3,(H,22,23)/b7-6-,10-9-,13-12-,16-14+/i6D,7D,9D,10D,12D,13D,16D. The van der Waals surface area contributed by atoms with E-state index in [1.165, 1.54) is 0 Å². The molecule has 0 rings (SSSR count). The van der Waals surface area contributed by atoms with Gasteiger partial charge in [0.2, 0.25) is 0 Å². The number of hydrogen-bond donors (Lipinski definition) is 1. The van der Waals surface area contributed by atoms with Gasteiger partial charge in [0.05, 0.1) is 9.60 Å². The van der Waals surface area contributed by atoms with Crippen molar-refractivity contribution in [2.24, 2.45) is 0 Å². The molecule has 0 radical (unpaired) electrons. The third kappa shape index (κ3) is 18.1. The quantitative estimate of drug-likeness (QED) is 0.201. The molecule has 0 aliphatic rings. The highest BCUT2D eigenvalue weighted by molar-refractivity contribution is 5.90. The topological polar surface area (TPSA) is 54.4 Å². The maximum Gasteiger partial charge on any atom is 0.303 e. The molecule has 0 spiro atoms. The van der Waals surface area contributed by atoms with Gasteiger partial charge in [-0.05, 0) is 38.2 Å². The van der Waals surface area contributed by atoms with E-state index >= 15 is 0 Å². The first-order chi connectivity index (χ1) is 14.0. The highest BCUT2D eigenvalue weighted by atomic mass is 16.4. The van der Waals surface area contributed by atoms with Crippen LogP contribution in [0, 0.1) is 0 Å². The molecule has 0 aromatic rings. The SMILES string of the molecule is [2H]C(/C=C(\[2H])C(=O)CCCC(=O)O)=C(\[2H])C/C([2H])=C(/[2H])C/C([2H])=C(/[2H])CCCCC. The molecule has 23 heavy (non-hydrogen) atoms. The van der Waals surface area contributed by atoms with Crippen LogP contribution >= 0.6 is 0 Å². The molecule has 0 fully saturated rings. The summed E-state index contributed by atoms with van der Waals surface area (Å²) in [4.78, 5) is 22.2. The van der Waals surface area contributed by atoms with Gasteiger partial charge in [0.1, 0.15) is 0 Å². The van der Waals surface area contributed by atoms with Crippen molar-refractivity contribution in [1.82, 2.24) is 0 Å². The highest BCUT2D eigenvalue weighted by Crippen LogP contribution is 2.01. The zero-order valence-corrected chi connectivity index (χ0v) is 13.7. The van der Waals surface area contributed by atoms with Crippen LogP contribution in [0.15, 0.2) is 48.4 Å². The Bertz CT molecular complexity index is 737. The molecule has 0 saturated heterocycles. The maximum atomic E-state index is 11.8. The van der Waals surface area contributed by atoms with Gasteiger partial charge >= 0.3 is 5.97 Å². The Morgan fingerprint density at radius 3 is 2.35 bits per heavy atom. The van der Waals surface area contributed by atoms with Crippen molar-refractivity contribution in [2.75, 3.05) is 0 Å². The molecule has 0 aliphatic heterocycles. The summed E-state index contributed by atoms with van der Waals surface area (Å²) in [6.45, 7) is 2.03. The Hall–Kier alpha value is -1.90. The number of carbonyl (C=O) groups is 2. The van der Waals surface area contributed by atoms with Crippen LogP contribution < -0.4 is 0 Å². The highest BCUT2D eigenvalue weighted by Gasteiger charge is 1.99. The molecule has 0 bridgehead atoms. The number of hydrogen-bond acceptors (Lipinski definition) is 2. The van der Waals surface area contributed by atoms with Crippen LogP contribution in [-0.2, 0) is 9.59 Å². The lowest BCUT2D eigenvalue weighted by atomic mass is 10.1. The summed E-state index contributed by atoms with van der Waals surface area (Å²) in [6, 6.07) is -1.68. The molecule has 0 aromatic heterocycles. The van der Waals surface area contributed by atoms with Crippen LogP contribution in [-0.4, -0.2) is 16.9 Å². The number of allylic oxidation sites excluding steroid dienone is 8. The molecular weight excluding hydrogens is 288 g/mol. The Labute approximate surface area is 150 Å². The molecule has 0 saturated carbocycles. The summed E-state index contributed by atoms with van der Waals surface area (Å²) in [6.07, 6.45) is 3.27. The third-order valence-electron chi connectivity index (χ3n) is 2.71. The minimum atomic E-state index is -1.04. The minimum Gasteiger partial charge on any atom is -0.481 e. The van der Waals surface area contributed by atoms with Gasteiger partial charge < -0.3 is 5.11 Å². The van der Waals surface area contributed by atoms with E-state index < -0.39 is 23.9 Å². The maximum absolute atomic E-state index is 11.8. The van der Waals surface area contributed by atoms with Gasteiger partial charge in [-0.25, -0.2) is 0 Å². The molecule has 0 unspecified atom stereocenters. The smallest absolute Gasteiger partial charge is 0.303 e. The predicted octanol–water partition coefficient (Wildman–Crippen LogP) is 5.40. The van der Waals surface area contributed by atoms with Crippen molar-refractivity contribution in [2.45, 2.75) is 64.7 Å². The van der Waals surface area contributed by atoms with Crippen molar-refractivity contribution >= 4 is 11.8 Å². The molecular formula is C20H30O3. The Morgan fingerprint density at radius 2 is 1.65 bits per heavy atom. The predicted molar refractivity (Wildman–Crippen MR) is 96.4 cm³/mol. The van der Waals surface area contributed by atoms with Crippen LogP contribution in [0.2, 0.25) is 0 Å². The van der Waals surface area contributed by atoms with Crippen molar-refractivity contribution < 1.29 is 24.3 Å². The van der Waals surface area contributed by atoms with Crippen LogP contribution in [0.4, 0.5) is 0 Å². The molecule has 0 amide bonds. The van der Waals surface area contributed by atoms with Gasteiger partial charge in [-0.3, -0.25) is 9.59 Å². The van der Waals surface area contributed by atoms with Crippen LogP contribution in [0.3, 0.4) is 0 Å². The first-order valence-electron chi connectivity index (χ1n) is 11.4. The van der Waals surface area contributed by atoms with Gasteiger partial charge in [0.25, 0.3) is 0 Å². The molecule has 1 N–H and O–H groups in total. The van der Waals surface area contributed by atoms with E-state index in [-0.39, 0.29) is 62.4 Å². The lowest BCUT2D eigenvalue weighted by Gasteiger charge is -1.92. The molecule has 0 heterocycles. The zero-order chi connectivity index (χ0) is 23.3. The minimum absolute atomic E-state index is 0.0391. The molecule has 3 nitrogen and oxygen atoms in total. The largest absolute Gasteiger partial charge is 0.481 e. The second-order valence-corrected chi connectivity index (χ2v) is 4.80. The summed E-state index contributed by atoms with van der Waals surface area (Å²) < 4.78 is 54.8. The van der Waals surface area contributed by atoms with Crippen molar-refractivity contribution in [1.29, 1.82) is 0 Å². The second kappa shape index (κ2) is 16.5. The van der Waals surface area contributed by atoms with E-state index in [1.54, 1.807) is 0 Å². The molecule has 3 heteroatoms. The van der Waals surface area contributed by atoms with Gasteiger partial charge in [0, 0.05) is 12.8 Å². The van der Waals surface area contributed by atoms with Gasteiger partial charge in [-0.15, -0.1) is 0 Å². The van der Waals surface area contributed by atoms with E-state index in [9.17, 15) is 9.59 Å². The number of aliphatic carboxylic acids is 1. The molecule has 128 valence electrons. The lowest BCUT2D eigenvalue weighted by Crippen LogP contribution is -1.97. The van der Waals surface area contributed by atoms with Crippen LogP contribution in [0.1, 0.15) is 74.3 Å². The van der Waals surface area contributed by atoms with E-state index in [0.717, 1.165) is 25.3 Å². The van der Waals surface area contributed by atoms with Gasteiger partial charge in [-0.1, -0.05) is 62.2 Å². The van der Waals surface area contributed by atoms with E-state index in [1.807, 2.05) is 6.92 Å². The van der Waals surface area contributed by atoms with E-state index in [2.05, 4.69) is 0 Å². The molecule has 0 atom stereocenters. The lowest BCUT2D eigenvalue weighted by molar-refractivity contribution is -0.137. The average Bonchev–Trinajstić information content (AvgIpc) is 2.67. The normalized spacial score (nSPS) is 19.5. The monoisotopic (exact) mass is 325 g/mol. The summed E-state index contributed by atoms with van der Waals surface area (Å²) in [5.41, 5.74) is 0.